The highest BCUT2D eigenvalue weighted by atomic mass is 16.6. The van der Waals surface area contributed by atoms with Crippen LogP contribution in [-0.2, 0) is 9.53 Å². The van der Waals surface area contributed by atoms with E-state index in [-0.39, 0.29) is 12.2 Å². The lowest BCUT2D eigenvalue weighted by Gasteiger charge is -1.93. The minimum atomic E-state index is -0.0310. The molecule has 1 aliphatic rings. The van der Waals surface area contributed by atoms with Gasteiger partial charge in [0.1, 0.15) is 6.10 Å². The summed E-state index contributed by atoms with van der Waals surface area (Å²) in [6.45, 7) is 4.22. The number of unbranched alkanes of at least 4 members (excludes halogenated alkanes) is 1. The van der Waals surface area contributed by atoms with Crippen molar-refractivity contribution in [2.75, 3.05) is 0 Å². The Labute approximate surface area is 74.3 Å². The first-order valence-corrected chi connectivity index (χ1v) is 4.97. The maximum Gasteiger partial charge on any atom is 0.164 e. The van der Waals surface area contributed by atoms with Crippen LogP contribution in [0.1, 0.15) is 46.0 Å². The minimum absolute atomic E-state index is 0.0310. The highest BCUT2D eigenvalue weighted by molar-refractivity contribution is 5.85. The Kier molecular flexibility index (Phi) is 3.73. The number of ketones is 1. The molecule has 1 saturated heterocycles. The molecule has 0 unspecified atom stereocenters. The molecule has 1 aliphatic heterocycles. The number of ether oxygens (including phenoxy) is 1. The van der Waals surface area contributed by atoms with Crippen molar-refractivity contribution in [1.82, 2.24) is 0 Å². The number of hydrogen-bond acceptors (Lipinski definition) is 2. The van der Waals surface area contributed by atoms with Gasteiger partial charge in [-0.2, -0.15) is 0 Å². The molecule has 70 valence electrons. The van der Waals surface area contributed by atoms with Crippen molar-refractivity contribution in [3.05, 3.63) is 0 Å². The molecule has 1 fully saturated rings. The van der Waals surface area contributed by atoms with Crippen molar-refractivity contribution in [3.8, 4) is 0 Å². The molecule has 0 bridgehead atoms. The van der Waals surface area contributed by atoms with Gasteiger partial charge >= 0.3 is 0 Å². The Morgan fingerprint density at radius 1 is 1.33 bits per heavy atom. The van der Waals surface area contributed by atoms with E-state index in [4.69, 9.17) is 4.74 Å². The Bertz CT molecular complexity index is 154. The zero-order valence-electron chi connectivity index (χ0n) is 8.01. The van der Waals surface area contributed by atoms with E-state index in [2.05, 4.69) is 13.8 Å². The quantitative estimate of drug-likeness (QED) is 0.572. The van der Waals surface area contributed by atoms with Crippen molar-refractivity contribution in [3.63, 3.8) is 0 Å². The van der Waals surface area contributed by atoms with Crippen LogP contribution in [0.15, 0.2) is 0 Å². The van der Waals surface area contributed by atoms with Gasteiger partial charge in [-0.05, 0) is 12.8 Å². The lowest BCUT2D eigenvalue weighted by Crippen LogP contribution is -2.09. The van der Waals surface area contributed by atoms with Crippen LogP contribution in [0.25, 0.3) is 0 Å². The molecule has 0 aliphatic carbocycles. The number of Topliss-reactive ketones (excluding diaryl/α,β-unsaturated/α-hetero) is 1. The van der Waals surface area contributed by atoms with Gasteiger partial charge in [0.05, 0.1) is 6.10 Å². The SMILES string of the molecule is CCCCC(=O)[C@H]1O[C@@H]1CCC. The maximum absolute atomic E-state index is 11.3. The summed E-state index contributed by atoms with van der Waals surface area (Å²) < 4.78 is 5.27. The molecule has 0 radical (unpaired) electrons. The van der Waals surface area contributed by atoms with Gasteiger partial charge in [-0.25, -0.2) is 0 Å². The first-order chi connectivity index (χ1) is 5.79. The molecule has 2 atom stereocenters. The molecule has 0 aromatic carbocycles. The zero-order valence-corrected chi connectivity index (χ0v) is 8.01. The first-order valence-electron chi connectivity index (χ1n) is 4.97. The average Bonchev–Trinajstić information content (AvgIpc) is 2.80. The zero-order chi connectivity index (χ0) is 8.97. The van der Waals surface area contributed by atoms with Crippen LogP contribution < -0.4 is 0 Å². The normalized spacial score (nSPS) is 27.2. The number of epoxide rings is 1. The highest BCUT2D eigenvalue weighted by Crippen LogP contribution is 2.28. The summed E-state index contributed by atoms with van der Waals surface area (Å²) in [6.07, 6.45) is 5.21. The highest BCUT2D eigenvalue weighted by Gasteiger charge is 2.42. The summed E-state index contributed by atoms with van der Waals surface area (Å²) in [5, 5.41) is 0. The number of carbonyl (C=O) groups excluding carboxylic acids is 1. The van der Waals surface area contributed by atoms with Crippen LogP contribution in [0.4, 0.5) is 0 Å². The molecule has 2 nitrogen and oxygen atoms in total. The molecule has 0 aromatic rings. The van der Waals surface area contributed by atoms with Crippen LogP contribution >= 0.6 is 0 Å². The number of hydrogen-bond donors (Lipinski definition) is 0. The Morgan fingerprint density at radius 3 is 2.67 bits per heavy atom. The van der Waals surface area contributed by atoms with Crippen molar-refractivity contribution < 1.29 is 9.53 Å². The molecule has 12 heavy (non-hydrogen) atoms. The van der Waals surface area contributed by atoms with Crippen LogP contribution in [0.2, 0.25) is 0 Å². The smallest absolute Gasteiger partial charge is 0.164 e. The summed E-state index contributed by atoms with van der Waals surface area (Å²) in [5.74, 6) is 0.315. The predicted octanol–water partition coefficient (Wildman–Crippen LogP) is 2.31. The van der Waals surface area contributed by atoms with Crippen LogP contribution in [0.3, 0.4) is 0 Å². The Hall–Kier alpha value is -0.370. The van der Waals surface area contributed by atoms with Crippen LogP contribution in [-0.4, -0.2) is 18.0 Å². The van der Waals surface area contributed by atoms with Gasteiger partial charge in [0.25, 0.3) is 0 Å². The summed E-state index contributed by atoms with van der Waals surface area (Å²) in [6, 6.07) is 0. The van der Waals surface area contributed by atoms with Gasteiger partial charge in [0.2, 0.25) is 0 Å². The minimum Gasteiger partial charge on any atom is -0.361 e. The van der Waals surface area contributed by atoms with E-state index < -0.39 is 0 Å². The predicted molar refractivity (Wildman–Crippen MR) is 48.1 cm³/mol. The molecule has 1 heterocycles. The Balaban J connectivity index is 2.11. The molecule has 0 saturated carbocycles. The summed E-state index contributed by atoms with van der Waals surface area (Å²) in [5.41, 5.74) is 0. The molecule has 0 aromatic heterocycles. The fraction of sp³-hybridized carbons (Fsp3) is 0.900. The summed E-state index contributed by atoms with van der Waals surface area (Å²) in [7, 11) is 0. The van der Waals surface area contributed by atoms with E-state index in [0.717, 1.165) is 25.7 Å². The lowest BCUT2D eigenvalue weighted by atomic mass is 10.1. The average molecular weight is 170 g/mol. The van der Waals surface area contributed by atoms with Crippen molar-refractivity contribution in [2.45, 2.75) is 58.2 Å². The molecule has 0 spiro atoms. The fourth-order valence-corrected chi connectivity index (χ4v) is 1.42. The summed E-state index contributed by atoms with van der Waals surface area (Å²) in [4.78, 5) is 11.3. The van der Waals surface area contributed by atoms with E-state index in [0.29, 0.717) is 12.2 Å². The maximum atomic E-state index is 11.3. The topological polar surface area (TPSA) is 29.6 Å². The summed E-state index contributed by atoms with van der Waals surface area (Å²) >= 11 is 0. The van der Waals surface area contributed by atoms with Crippen molar-refractivity contribution >= 4 is 5.78 Å². The van der Waals surface area contributed by atoms with Crippen LogP contribution in [0, 0.1) is 0 Å². The molecular weight excluding hydrogens is 152 g/mol. The third kappa shape index (κ3) is 2.59. The van der Waals surface area contributed by atoms with E-state index in [1.54, 1.807) is 0 Å². The third-order valence-electron chi connectivity index (χ3n) is 2.25. The van der Waals surface area contributed by atoms with Crippen LogP contribution in [0.5, 0.6) is 0 Å². The third-order valence-corrected chi connectivity index (χ3v) is 2.25. The standard InChI is InChI=1S/C10H18O2/c1-3-5-7-8(11)10-9(12-10)6-4-2/h9-10H,3-7H2,1-2H3/t9-,10-/m1/s1. The van der Waals surface area contributed by atoms with E-state index in [1.165, 1.54) is 0 Å². The lowest BCUT2D eigenvalue weighted by molar-refractivity contribution is -0.120. The molecule has 0 amide bonds. The van der Waals surface area contributed by atoms with Gasteiger partial charge in [-0.3, -0.25) is 4.79 Å². The molecule has 2 heteroatoms. The van der Waals surface area contributed by atoms with Gasteiger partial charge in [0.15, 0.2) is 5.78 Å². The second kappa shape index (κ2) is 4.61. The molecule has 1 rings (SSSR count). The second-order valence-corrected chi connectivity index (χ2v) is 3.45. The number of carbonyl (C=O) groups is 1. The first kappa shape index (κ1) is 9.72. The Morgan fingerprint density at radius 2 is 2.08 bits per heavy atom. The number of rotatable bonds is 6. The monoisotopic (exact) mass is 170 g/mol. The van der Waals surface area contributed by atoms with E-state index in [1.807, 2.05) is 0 Å². The van der Waals surface area contributed by atoms with Gasteiger partial charge in [0, 0.05) is 6.42 Å². The van der Waals surface area contributed by atoms with Gasteiger partial charge in [-0.15, -0.1) is 0 Å². The van der Waals surface area contributed by atoms with E-state index >= 15 is 0 Å². The van der Waals surface area contributed by atoms with Crippen molar-refractivity contribution in [1.29, 1.82) is 0 Å². The van der Waals surface area contributed by atoms with E-state index in [9.17, 15) is 4.79 Å². The van der Waals surface area contributed by atoms with Crippen molar-refractivity contribution in [2.24, 2.45) is 0 Å². The largest absolute Gasteiger partial charge is 0.361 e. The van der Waals surface area contributed by atoms with Gasteiger partial charge < -0.3 is 4.74 Å². The fourth-order valence-electron chi connectivity index (χ4n) is 1.42. The second-order valence-electron chi connectivity index (χ2n) is 3.45. The van der Waals surface area contributed by atoms with Gasteiger partial charge in [-0.1, -0.05) is 26.7 Å². The molecular formula is C10H18O2. The molecule has 0 N–H and O–H groups in total.